The summed E-state index contributed by atoms with van der Waals surface area (Å²) in [6.07, 6.45) is 3.85. The highest BCUT2D eigenvalue weighted by Gasteiger charge is 1.94. The van der Waals surface area contributed by atoms with E-state index in [2.05, 4.69) is 14.9 Å². The second-order valence-corrected chi connectivity index (χ2v) is 4.08. The van der Waals surface area contributed by atoms with Gasteiger partial charge in [-0.15, -0.1) is 5.10 Å². The Morgan fingerprint density at radius 2 is 2.06 bits per heavy atom. The molecule has 0 saturated heterocycles. The van der Waals surface area contributed by atoms with Gasteiger partial charge >= 0.3 is 0 Å². The summed E-state index contributed by atoms with van der Waals surface area (Å²) in [5.41, 5.74) is 2.69. The number of rotatable bonds is 3. The fourth-order valence-electron chi connectivity index (χ4n) is 1.31. The molecule has 0 unspecified atom stereocenters. The highest BCUT2D eigenvalue weighted by atomic mass is 32.1. The van der Waals surface area contributed by atoms with Crippen molar-refractivity contribution in [1.29, 1.82) is 0 Å². The molecule has 4 nitrogen and oxygen atoms in total. The van der Waals surface area contributed by atoms with Crippen molar-refractivity contribution in [3.05, 3.63) is 40.9 Å². The minimum Gasteiger partial charge on any atom is -0.326 e. The van der Waals surface area contributed by atoms with E-state index in [0.29, 0.717) is 0 Å². The quantitative estimate of drug-likeness (QED) is 0.904. The molecule has 0 aliphatic carbocycles. The first-order chi connectivity index (χ1) is 8.24. The lowest BCUT2D eigenvalue weighted by molar-refractivity contribution is -0.114. The maximum Gasteiger partial charge on any atom is 0.221 e. The molecule has 2 rings (SSSR count). The molecular formula is C12H11N3OS. The number of nitrogens with zero attached hydrogens (tertiary/aromatic N) is 2. The highest BCUT2D eigenvalue weighted by molar-refractivity contribution is 7.03. The number of hydrogen-bond donors (Lipinski definition) is 1. The van der Waals surface area contributed by atoms with E-state index in [1.54, 1.807) is 0 Å². The van der Waals surface area contributed by atoms with E-state index >= 15 is 0 Å². The van der Waals surface area contributed by atoms with Gasteiger partial charge in [-0.3, -0.25) is 4.79 Å². The van der Waals surface area contributed by atoms with Gasteiger partial charge in [-0.2, -0.15) is 0 Å². The number of hydrogen-bond acceptors (Lipinski definition) is 4. The standard InChI is InChI=1S/C12H11N3OS/c1-9(16)13-11-5-2-10(3-6-11)4-7-12-8-17-15-14-12/h2-8H,1H3,(H,13,16)/b7-4+. The Hall–Kier alpha value is -2.01. The van der Waals surface area contributed by atoms with Crippen LogP contribution in [-0.2, 0) is 4.79 Å². The van der Waals surface area contributed by atoms with E-state index in [-0.39, 0.29) is 5.91 Å². The summed E-state index contributed by atoms with van der Waals surface area (Å²) >= 11 is 1.32. The molecule has 0 spiro atoms. The minimum atomic E-state index is -0.0677. The van der Waals surface area contributed by atoms with Crippen LogP contribution in [0.3, 0.4) is 0 Å². The first-order valence-corrected chi connectivity index (χ1v) is 5.90. The summed E-state index contributed by atoms with van der Waals surface area (Å²) in [5, 5.41) is 8.51. The predicted octanol–water partition coefficient (Wildman–Crippen LogP) is 2.67. The van der Waals surface area contributed by atoms with E-state index in [1.807, 2.05) is 41.8 Å². The fraction of sp³-hybridized carbons (Fsp3) is 0.0833. The lowest BCUT2D eigenvalue weighted by Crippen LogP contribution is -2.05. The molecule has 86 valence electrons. The zero-order valence-corrected chi connectivity index (χ0v) is 10.1. The molecule has 1 N–H and O–H groups in total. The van der Waals surface area contributed by atoms with Gasteiger partial charge in [-0.05, 0) is 35.3 Å². The summed E-state index contributed by atoms with van der Waals surface area (Å²) in [6.45, 7) is 1.49. The van der Waals surface area contributed by atoms with Gasteiger partial charge < -0.3 is 5.32 Å². The molecule has 1 amide bonds. The second kappa shape index (κ2) is 5.36. The monoisotopic (exact) mass is 245 g/mol. The molecule has 0 aliphatic rings. The number of amides is 1. The van der Waals surface area contributed by atoms with Crippen LogP contribution >= 0.6 is 11.5 Å². The molecule has 0 saturated carbocycles. The Balaban J connectivity index is 2.05. The third-order valence-electron chi connectivity index (χ3n) is 2.05. The highest BCUT2D eigenvalue weighted by Crippen LogP contribution is 2.12. The first-order valence-electron chi connectivity index (χ1n) is 5.07. The van der Waals surface area contributed by atoms with Crippen LogP contribution in [0.1, 0.15) is 18.2 Å². The van der Waals surface area contributed by atoms with Gasteiger partial charge in [0, 0.05) is 18.0 Å². The molecule has 5 heteroatoms. The van der Waals surface area contributed by atoms with E-state index < -0.39 is 0 Å². The van der Waals surface area contributed by atoms with Crippen molar-refractivity contribution < 1.29 is 4.79 Å². The van der Waals surface area contributed by atoms with Crippen molar-refractivity contribution in [3.63, 3.8) is 0 Å². The van der Waals surface area contributed by atoms with Crippen LogP contribution in [0.4, 0.5) is 5.69 Å². The van der Waals surface area contributed by atoms with Gasteiger partial charge in [0.15, 0.2) is 0 Å². The van der Waals surface area contributed by atoms with E-state index in [9.17, 15) is 4.79 Å². The molecular weight excluding hydrogens is 234 g/mol. The van der Waals surface area contributed by atoms with Crippen molar-refractivity contribution in [2.45, 2.75) is 6.92 Å². The summed E-state index contributed by atoms with van der Waals surface area (Å²) in [6, 6.07) is 7.59. The second-order valence-electron chi connectivity index (χ2n) is 3.47. The van der Waals surface area contributed by atoms with Crippen molar-refractivity contribution in [1.82, 2.24) is 9.59 Å². The van der Waals surface area contributed by atoms with E-state index in [0.717, 1.165) is 16.9 Å². The molecule has 0 atom stereocenters. The molecule has 0 aliphatic heterocycles. The van der Waals surface area contributed by atoms with Gasteiger partial charge in [0.25, 0.3) is 0 Å². The summed E-state index contributed by atoms with van der Waals surface area (Å²) in [4.78, 5) is 10.8. The van der Waals surface area contributed by atoms with E-state index in [4.69, 9.17) is 0 Å². The number of carbonyl (C=O) groups is 1. The zero-order chi connectivity index (χ0) is 12.1. The number of aromatic nitrogens is 2. The predicted molar refractivity (Wildman–Crippen MR) is 69.6 cm³/mol. The van der Waals surface area contributed by atoms with Crippen LogP contribution in [0.25, 0.3) is 12.2 Å². The van der Waals surface area contributed by atoms with Gasteiger partial charge in [0.1, 0.15) is 0 Å². The molecule has 1 aromatic carbocycles. The molecule has 0 bridgehead atoms. The first kappa shape index (κ1) is 11.5. The summed E-state index contributed by atoms with van der Waals surface area (Å²) < 4.78 is 3.77. The maximum absolute atomic E-state index is 10.8. The normalized spacial score (nSPS) is 10.6. The summed E-state index contributed by atoms with van der Waals surface area (Å²) in [5.74, 6) is -0.0677. The molecule has 17 heavy (non-hydrogen) atoms. The number of carbonyl (C=O) groups excluding carboxylic acids is 1. The molecule has 1 aromatic heterocycles. The largest absolute Gasteiger partial charge is 0.326 e. The SMILES string of the molecule is CC(=O)Nc1ccc(/C=C/c2csnn2)cc1. The topological polar surface area (TPSA) is 54.9 Å². The van der Waals surface area contributed by atoms with Crippen molar-refractivity contribution in [2.75, 3.05) is 5.32 Å². The lowest BCUT2D eigenvalue weighted by atomic mass is 10.2. The smallest absolute Gasteiger partial charge is 0.221 e. The minimum absolute atomic E-state index is 0.0677. The van der Waals surface area contributed by atoms with Crippen molar-refractivity contribution in [3.8, 4) is 0 Å². The van der Waals surface area contributed by atoms with Crippen LogP contribution in [-0.4, -0.2) is 15.5 Å². The third-order valence-corrected chi connectivity index (χ3v) is 2.58. The van der Waals surface area contributed by atoms with Crippen LogP contribution < -0.4 is 5.32 Å². The molecule has 2 aromatic rings. The van der Waals surface area contributed by atoms with Crippen LogP contribution in [0.5, 0.6) is 0 Å². The van der Waals surface area contributed by atoms with Crippen LogP contribution in [0.2, 0.25) is 0 Å². The average molecular weight is 245 g/mol. The molecule has 0 radical (unpaired) electrons. The van der Waals surface area contributed by atoms with Crippen molar-refractivity contribution in [2.24, 2.45) is 0 Å². The average Bonchev–Trinajstić information content (AvgIpc) is 2.80. The molecule has 0 fully saturated rings. The fourth-order valence-corrected chi connectivity index (χ4v) is 1.73. The summed E-state index contributed by atoms with van der Waals surface area (Å²) in [7, 11) is 0. The maximum atomic E-state index is 10.8. The van der Waals surface area contributed by atoms with Gasteiger partial charge in [0.05, 0.1) is 5.69 Å². The number of benzene rings is 1. The lowest BCUT2D eigenvalue weighted by Gasteiger charge is -2.01. The third kappa shape index (κ3) is 3.49. The van der Waals surface area contributed by atoms with Crippen molar-refractivity contribution >= 4 is 35.3 Å². The Morgan fingerprint density at radius 3 is 2.65 bits per heavy atom. The van der Waals surface area contributed by atoms with E-state index in [1.165, 1.54) is 18.5 Å². The molecule has 1 heterocycles. The van der Waals surface area contributed by atoms with Crippen LogP contribution in [0, 0.1) is 0 Å². The van der Waals surface area contributed by atoms with Crippen LogP contribution in [0.15, 0.2) is 29.6 Å². The van der Waals surface area contributed by atoms with Gasteiger partial charge in [-0.1, -0.05) is 22.7 Å². The number of anilines is 1. The number of nitrogens with one attached hydrogen (secondary N) is 1. The zero-order valence-electron chi connectivity index (χ0n) is 9.25. The Labute approximate surface area is 103 Å². The van der Waals surface area contributed by atoms with Gasteiger partial charge in [-0.25, -0.2) is 0 Å². The Morgan fingerprint density at radius 1 is 1.29 bits per heavy atom. The Kier molecular flexibility index (Phi) is 3.62. The Bertz CT molecular complexity index is 517. The van der Waals surface area contributed by atoms with Gasteiger partial charge in [0.2, 0.25) is 5.91 Å².